The van der Waals surface area contributed by atoms with Crippen LogP contribution in [0.5, 0.6) is 5.75 Å². The van der Waals surface area contributed by atoms with E-state index in [1.54, 1.807) is 6.07 Å². The van der Waals surface area contributed by atoms with Crippen molar-refractivity contribution in [1.82, 2.24) is 15.0 Å². The number of phenolic OH excluding ortho intramolecular Hbond substituents is 1. The maximum absolute atomic E-state index is 12.6. The maximum atomic E-state index is 12.6. The van der Waals surface area contributed by atoms with Gasteiger partial charge in [-0.05, 0) is 89.8 Å². The van der Waals surface area contributed by atoms with Crippen LogP contribution in [0.2, 0.25) is 5.28 Å². The lowest BCUT2D eigenvalue weighted by Gasteiger charge is -2.12. The molecule has 0 atom stereocenters. The number of nitrogens with one attached hydrogen (secondary N) is 2. The minimum atomic E-state index is -5.38. The average molecular weight is 907 g/mol. The number of nitrogens with zero attached hydrogens (tertiary/aromatic N) is 6. The number of rotatable bonds is 11. The van der Waals surface area contributed by atoms with Crippen LogP contribution in [0.15, 0.2) is 131 Å². The summed E-state index contributed by atoms with van der Waals surface area (Å²) in [5, 5.41) is 31.1. The van der Waals surface area contributed by atoms with Crippen molar-refractivity contribution < 1.29 is 62.1 Å². The van der Waals surface area contributed by atoms with Crippen molar-refractivity contribution in [2.75, 3.05) is 5.32 Å². The van der Waals surface area contributed by atoms with Crippen molar-refractivity contribution in [3.05, 3.63) is 107 Å². The number of aliphatic hydroxyl groups is 1. The second-order valence-electron chi connectivity index (χ2n) is 11.7. The summed E-state index contributed by atoms with van der Waals surface area (Å²) in [6.45, 7) is 0. The standard InChI is InChI=1S/C32H23ClN8O14S4/c33-30-37-31(34-18-6-9-20(10-7-18)56(44,45)46)39-32(38-30)35-19-8-11-24(58(50,51)52)22(14-19)40-41-27-25(59(53,54)55)13-17-12-21(57(47,48)49)15-23(26(17)28(27)42)36-29(43)16-4-2-1-3-5-16/h1-15,42H,(H,36,43)(H,44,45,46)(H,47,48,49)(H,50,51,52)(H,53,54,55)(H2,34,35,37,38,39). The normalized spacial score (nSPS) is 13.3. The quantitative estimate of drug-likeness (QED) is 0.0352. The Bertz CT molecular complexity index is 3280. The highest BCUT2D eigenvalue weighted by Crippen LogP contribution is 2.46. The van der Waals surface area contributed by atoms with Crippen LogP contribution >= 0.6 is 11.6 Å². The molecular weight excluding hydrogens is 884 g/mol. The van der Waals surface area contributed by atoms with Gasteiger partial charge in [-0.2, -0.15) is 43.6 Å². The van der Waals surface area contributed by atoms with E-state index in [4.69, 9.17) is 11.6 Å². The van der Waals surface area contributed by atoms with Gasteiger partial charge in [-0.1, -0.05) is 18.2 Å². The summed E-state index contributed by atoms with van der Waals surface area (Å²) in [4.78, 5) is 15.3. The van der Waals surface area contributed by atoms with E-state index >= 15 is 0 Å². The molecule has 0 bridgehead atoms. The topological polar surface area (TPSA) is 361 Å². The number of H-pyrrole nitrogens is 1. The third kappa shape index (κ3) is 9.91. The van der Waals surface area contributed by atoms with Crippen molar-refractivity contribution in [2.24, 2.45) is 20.2 Å². The van der Waals surface area contributed by atoms with Gasteiger partial charge in [0.05, 0.1) is 26.6 Å². The van der Waals surface area contributed by atoms with E-state index in [9.17, 15) is 62.1 Å². The molecule has 27 heteroatoms. The molecule has 1 aromatic heterocycles. The Kier molecular flexibility index (Phi) is 11.4. The number of benzene rings is 5. The zero-order chi connectivity index (χ0) is 43.1. The average Bonchev–Trinajstić information content (AvgIpc) is 3.13. The fourth-order valence-electron chi connectivity index (χ4n) is 5.15. The predicted octanol–water partition coefficient (Wildman–Crippen LogP) is 5.33. The number of hydrogen-bond acceptors (Lipinski definition) is 16. The first-order valence-electron chi connectivity index (χ1n) is 15.7. The number of phenols is 1. The van der Waals surface area contributed by atoms with Crippen LogP contribution in [0.3, 0.4) is 0 Å². The third-order valence-corrected chi connectivity index (χ3v) is 11.3. The van der Waals surface area contributed by atoms with Crippen LogP contribution in [-0.2, 0) is 40.5 Å². The molecule has 1 heterocycles. The Morgan fingerprint density at radius 1 is 0.678 bits per heavy atom. The van der Waals surface area contributed by atoms with E-state index in [1.165, 1.54) is 36.4 Å². The number of aromatic amines is 1. The van der Waals surface area contributed by atoms with Gasteiger partial charge in [0.1, 0.15) is 21.2 Å². The van der Waals surface area contributed by atoms with Crippen molar-refractivity contribution in [3.8, 4) is 5.75 Å². The van der Waals surface area contributed by atoms with Crippen molar-refractivity contribution in [1.29, 1.82) is 0 Å². The largest absolute Gasteiger partial charge is 0.505 e. The molecule has 0 fully saturated rings. The van der Waals surface area contributed by atoms with Gasteiger partial charge in [0, 0.05) is 11.3 Å². The van der Waals surface area contributed by atoms with Gasteiger partial charge in [-0.15, -0.1) is 10.2 Å². The summed E-state index contributed by atoms with van der Waals surface area (Å²) in [6, 6.07) is 17.1. The number of aromatic hydroxyl groups is 1. The Hall–Kier alpha value is -6.23. The first kappa shape index (κ1) is 42.4. The number of aliphatic hydroxyl groups excluding tert-OH is 1. The molecule has 8 N–H and O–H groups in total. The summed E-state index contributed by atoms with van der Waals surface area (Å²) in [5.41, 5.74) is -2.43. The monoisotopic (exact) mass is 906 g/mol. The summed E-state index contributed by atoms with van der Waals surface area (Å²) < 4.78 is 136. The van der Waals surface area contributed by atoms with Crippen LogP contribution in [-0.4, -0.2) is 82.9 Å². The lowest BCUT2D eigenvalue weighted by atomic mass is 10.1. The second-order valence-corrected chi connectivity index (χ2v) is 17.7. The second kappa shape index (κ2) is 15.8. The predicted molar refractivity (Wildman–Crippen MR) is 207 cm³/mol. The van der Waals surface area contributed by atoms with Crippen LogP contribution in [0.4, 0.5) is 34.4 Å². The molecule has 0 saturated heterocycles. The van der Waals surface area contributed by atoms with E-state index < -0.39 is 99.5 Å². The van der Waals surface area contributed by atoms with E-state index in [1.807, 2.05) is 0 Å². The summed E-state index contributed by atoms with van der Waals surface area (Å²) in [7, 11) is -20.0. The Balaban J connectivity index is 1.50. The first-order chi connectivity index (χ1) is 27.5. The minimum absolute atomic E-state index is 0.109. The first-order valence-corrected chi connectivity index (χ1v) is 21.8. The molecule has 0 spiro atoms. The summed E-state index contributed by atoms with van der Waals surface area (Å²) in [5.74, 6) is -2.05. The number of fused-ring (bicyclic) bond motifs is 1. The Morgan fingerprint density at radius 2 is 1.32 bits per heavy atom. The molecule has 0 radical (unpaired) electrons. The molecule has 0 saturated carbocycles. The molecule has 6 rings (SSSR count). The van der Waals surface area contributed by atoms with Gasteiger partial charge in [-0.25, -0.2) is 9.98 Å². The number of aromatic nitrogens is 3. The molecule has 59 heavy (non-hydrogen) atoms. The van der Waals surface area contributed by atoms with Crippen LogP contribution in [0, 0.1) is 0 Å². The molecule has 0 unspecified atom stereocenters. The Labute approximate surface area is 337 Å². The number of anilines is 2. The van der Waals surface area contributed by atoms with Gasteiger partial charge in [0.2, 0.25) is 22.7 Å². The minimum Gasteiger partial charge on any atom is -0.505 e. The smallest absolute Gasteiger partial charge is 0.296 e. The number of azo groups is 1. The fraction of sp³-hybridized carbons (Fsp3) is 0. The number of halogens is 1. The van der Waals surface area contributed by atoms with E-state index in [2.05, 4.69) is 40.5 Å². The lowest BCUT2D eigenvalue weighted by Crippen LogP contribution is -2.16. The van der Waals surface area contributed by atoms with Crippen LogP contribution in [0.25, 0.3) is 10.8 Å². The van der Waals surface area contributed by atoms with Crippen molar-refractivity contribution in [3.63, 3.8) is 0 Å². The highest BCUT2D eigenvalue weighted by Gasteiger charge is 2.26. The van der Waals surface area contributed by atoms with Gasteiger partial charge in [-0.3, -0.25) is 23.2 Å². The molecular formula is C32H23ClN8O14S4. The molecule has 306 valence electrons. The van der Waals surface area contributed by atoms with Gasteiger partial charge in [0.25, 0.3) is 40.5 Å². The molecule has 0 aliphatic rings. The van der Waals surface area contributed by atoms with Gasteiger partial charge in [0.15, 0.2) is 5.75 Å². The van der Waals surface area contributed by atoms with E-state index in [-0.39, 0.29) is 33.8 Å². The van der Waals surface area contributed by atoms with Gasteiger partial charge < -0.3 is 15.5 Å². The zero-order valence-corrected chi connectivity index (χ0v) is 32.8. The third-order valence-electron chi connectivity index (χ3n) is 7.69. The van der Waals surface area contributed by atoms with E-state index in [0.717, 1.165) is 42.5 Å². The zero-order valence-electron chi connectivity index (χ0n) is 28.8. The lowest BCUT2D eigenvalue weighted by molar-refractivity contribution is 0.471. The maximum Gasteiger partial charge on any atom is 0.296 e. The Morgan fingerprint density at radius 3 is 1.93 bits per heavy atom. The number of hydrogen-bond donors (Lipinski definition) is 8. The highest BCUT2D eigenvalue weighted by atomic mass is 35.5. The molecule has 5 aromatic carbocycles. The molecule has 0 aliphatic carbocycles. The highest BCUT2D eigenvalue weighted by molar-refractivity contribution is 7.86. The summed E-state index contributed by atoms with van der Waals surface area (Å²) >= 11 is 6.09. The molecule has 22 nitrogen and oxygen atoms in total. The fourth-order valence-corrected chi connectivity index (χ4v) is 7.59. The molecule has 6 aromatic rings. The van der Waals surface area contributed by atoms with E-state index in [0.29, 0.717) is 6.07 Å². The van der Waals surface area contributed by atoms with Crippen LogP contribution < -0.4 is 10.9 Å². The molecule has 0 aliphatic heterocycles. The van der Waals surface area contributed by atoms with Crippen molar-refractivity contribution in [2.45, 2.75) is 19.6 Å². The van der Waals surface area contributed by atoms with Gasteiger partial charge >= 0.3 is 0 Å². The SMILES string of the molecule is O=S(=O)(O)c1ccc(Nc2nc(Cl)[nH]c(=Nc3ccc(S(=O)(=O)O)c(N=Nc4c(S(=O)(=O)O)cc5cc(S(=O)(=O)O)cc(N=C(O)c6ccccc6)c5c4O)c3)n2)cc1. The molecule has 0 amide bonds. The number of aliphatic imine (C=N–C) groups is 1. The van der Waals surface area contributed by atoms with Crippen molar-refractivity contribution >= 4 is 103 Å². The summed E-state index contributed by atoms with van der Waals surface area (Å²) in [6.07, 6.45) is 0. The van der Waals surface area contributed by atoms with Crippen LogP contribution in [0.1, 0.15) is 5.56 Å².